The minimum atomic E-state index is 0.166. The average molecular weight is 734 g/mol. The molecule has 1 aliphatic carbocycles. The average Bonchev–Trinajstić information content (AvgIpc) is 3.25. The molecular weight excluding hydrogens is 687 g/mol. The van der Waals surface area contributed by atoms with Gasteiger partial charge in [0, 0.05) is 17.1 Å². The van der Waals surface area contributed by atoms with E-state index in [1.165, 1.54) is 89.7 Å². The Hall–Kier alpha value is -6.44. The zero-order valence-electron chi connectivity index (χ0n) is 33.3. The van der Waals surface area contributed by atoms with E-state index >= 15 is 0 Å². The Morgan fingerprint density at radius 3 is 1.61 bits per heavy atom. The molecule has 0 unspecified atom stereocenters. The van der Waals surface area contributed by atoms with Gasteiger partial charge in [0.15, 0.2) is 0 Å². The van der Waals surface area contributed by atoms with Crippen LogP contribution in [0.2, 0.25) is 0 Å². The van der Waals surface area contributed by atoms with Gasteiger partial charge in [-0.25, -0.2) is 0 Å². The van der Waals surface area contributed by atoms with Crippen molar-refractivity contribution in [1.29, 1.82) is 0 Å². The van der Waals surface area contributed by atoms with Crippen LogP contribution in [0.5, 0.6) is 0 Å². The number of rotatable bonds is 6. The first-order chi connectivity index (χ1) is 27.7. The lowest BCUT2D eigenvalue weighted by Gasteiger charge is -2.42. The summed E-state index contributed by atoms with van der Waals surface area (Å²) in [5.41, 5.74) is 14.1. The summed E-state index contributed by atoms with van der Waals surface area (Å²) in [5.74, 6) is 0. The smallest absolute Gasteiger partial charge is 0.0467 e. The second-order valence-electron chi connectivity index (χ2n) is 17.3. The molecule has 0 amide bonds. The first-order valence-corrected chi connectivity index (χ1v) is 20.4. The van der Waals surface area contributed by atoms with Crippen LogP contribution < -0.4 is 4.90 Å². The monoisotopic (exact) mass is 733 g/mol. The van der Waals surface area contributed by atoms with Gasteiger partial charge in [-0.2, -0.15) is 0 Å². The van der Waals surface area contributed by atoms with Gasteiger partial charge in [0.25, 0.3) is 0 Å². The maximum Gasteiger partial charge on any atom is 0.0467 e. The van der Waals surface area contributed by atoms with Crippen molar-refractivity contribution in [3.05, 3.63) is 199 Å². The molecule has 10 rings (SSSR count). The maximum atomic E-state index is 2.46. The molecule has 0 spiro atoms. The van der Waals surface area contributed by atoms with Gasteiger partial charge >= 0.3 is 0 Å². The highest BCUT2D eigenvalue weighted by Crippen LogP contribution is 2.47. The highest BCUT2D eigenvalue weighted by Gasteiger charge is 2.37. The summed E-state index contributed by atoms with van der Waals surface area (Å²) in [7, 11) is 0. The van der Waals surface area contributed by atoms with Gasteiger partial charge in [-0.3, -0.25) is 0 Å². The van der Waals surface area contributed by atoms with Crippen LogP contribution in [0.1, 0.15) is 51.7 Å². The predicted molar refractivity (Wildman–Crippen MR) is 245 cm³/mol. The molecule has 9 aromatic rings. The Labute approximate surface area is 336 Å². The van der Waals surface area contributed by atoms with E-state index in [0.29, 0.717) is 0 Å². The SMILES string of the molecule is CC1(C)CCC(C)(C)c2cc(-c3ccc(N(c4ccc(-c5cc6ccccc6c6ccccc56)cc4)c4cccc(-c5ccc6ccccc6c5)c4)cc3)ccc21. The Morgan fingerprint density at radius 2 is 0.877 bits per heavy atom. The molecule has 9 aromatic carbocycles. The minimum Gasteiger partial charge on any atom is -0.310 e. The minimum absolute atomic E-state index is 0.166. The molecule has 1 nitrogen and oxygen atoms in total. The molecule has 0 aliphatic heterocycles. The summed E-state index contributed by atoms with van der Waals surface area (Å²) in [6.07, 6.45) is 2.43. The summed E-state index contributed by atoms with van der Waals surface area (Å²) in [6, 6.07) is 69.7. The van der Waals surface area contributed by atoms with Crippen LogP contribution in [0.3, 0.4) is 0 Å². The van der Waals surface area contributed by atoms with Crippen LogP contribution in [0.15, 0.2) is 188 Å². The van der Waals surface area contributed by atoms with Crippen LogP contribution in [0, 0.1) is 0 Å². The van der Waals surface area contributed by atoms with Crippen LogP contribution >= 0.6 is 0 Å². The predicted octanol–water partition coefficient (Wildman–Crippen LogP) is 16.0. The molecule has 0 bridgehead atoms. The zero-order valence-corrected chi connectivity index (χ0v) is 33.3. The van der Waals surface area contributed by atoms with E-state index in [1.54, 1.807) is 0 Å². The maximum absolute atomic E-state index is 2.46. The third-order valence-corrected chi connectivity index (χ3v) is 12.7. The van der Waals surface area contributed by atoms with Gasteiger partial charge in [-0.1, -0.05) is 167 Å². The first kappa shape index (κ1) is 35.0. The van der Waals surface area contributed by atoms with Gasteiger partial charge in [0.1, 0.15) is 0 Å². The molecule has 0 saturated heterocycles. The lowest BCUT2D eigenvalue weighted by atomic mass is 9.63. The number of benzene rings is 9. The van der Waals surface area contributed by atoms with E-state index in [0.717, 1.165) is 17.1 Å². The molecule has 0 radical (unpaired) electrons. The van der Waals surface area contributed by atoms with Crippen molar-refractivity contribution in [3.63, 3.8) is 0 Å². The number of fused-ring (bicyclic) bond motifs is 5. The highest BCUT2D eigenvalue weighted by molar-refractivity contribution is 6.13. The number of hydrogen-bond donors (Lipinski definition) is 0. The summed E-state index contributed by atoms with van der Waals surface area (Å²) in [4.78, 5) is 2.40. The van der Waals surface area contributed by atoms with Gasteiger partial charge in [-0.15, -0.1) is 0 Å². The van der Waals surface area contributed by atoms with E-state index in [-0.39, 0.29) is 10.8 Å². The molecule has 57 heavy (non-hydrogen) atoms. The molecule has 0 N–H and O–H groups in total. The molecule has 0 heterocycles. The summed E-state index contributed by atoms with van der Waals surface area (Å²) >= 11 is 0. The summed E-state index contributed by atoms with van der Waals surface area (Å²) in [6.45, 7) is 9.61. The Morgan fingerprint density at radius 1 is 0.333 bits per heavy atom. The molecule has 0 aromatic heterocycles. The largest absolute Gasteiger partial charge is 0.310 e. The highest BCUT2D eigenvalue weighted by atomic mass is 15.1. The molecule has 1 heteroatoms. The molecule has 1 aliphatic rings. The zero-order chi connectivity index (χ0) is 38.7. The van der Waals surface area contributed by atoms with E-state index in [9.17, 15) is 0 Å². The van der Waals surface area contributed by atoms with Crippen molar-refractivity contribution in [2.24, 2.45) is 0 Å². The third kappa shape index (κ3) is 6.28. The molecule has 276 valence electrons. The van der Waals surface area contributed by atoms with Crippen LogP contribution in [-0.4, -0.2) is 0 Å². The van der Waals surface area contributed by atoms with E-state index in [4.69, 9.17) is 0 Å². The summed E-state index contributed by atoms with van der Waals surface area (Å²) in [5, 5.41) is 7.61. The third-order valence-electron chi connectivity index (χ3n) is 12.7. The Bertz CT molecular complexity index is 2950. The first-order valence-electron chi connectivity index (χ1n) is 20.4. The van der Waals surface area contributed by atoms with Crippen molar-refractivity contribution < 1.29 is 0 Å². The second-order valence-corrected chi connectivity index (χ2v) is 17.3. The Kier molecular flexibility index (Phi) is 8.38. The lowest BCUT2D eigenvalue weighted by Crippen LogP contribution is -2.33. The van der Waals surface area contributed by atoms with E-state index < -0.39 is 0 Å². The van der Waals surface area contributed by atoms with E-state index in [2.05, 4.69) is 221 Å². The quantitative estimate of drug-likeness (QED) is 0.154. The second kappa shape index (κ2) is 13.6. The van der Waals surface area contributed by atoms with Gasteiger partial charge in [-0.05, 0) is 149 Å². The van der Waals surface area contributed by atoms with Crippen molar-refractivity contribution in [2.45, 2.75) is 51.4 Å². The van der Waals surface area contributed by atoms with Crippen LogP contribution in [0.4, 0.5) is 17.1 Å². The Balaban J connectivity index is 1.07. The fourth-order valence-corrected chi connectivity index (χ4v) is 9.29. The number of anilines is 3. The van der Waals surface area contributed by atoms with E-state index in [1.807, 2.05) is 0 Å². The topological polar surface area (TPSA) is 3.24 Å². The van der Waals surface area contributed by atoms with Gasteiger partial charge < -0.3 is 4.90 Å². The van der Waals surface area contributed by atoms with Gasteiger partial charge in [0.2, 0.25) is 0 Å². The van der Waals surface area contributed by atoms with Crippen LogP contribution in [0.25, 0.3) is 65.7 Å². The summed E-state index contributed by atoms with van der Waals surface area (Å²) < 4.78 is 0. The van der Waals surface area contributed by atoms with Gasteiger partial charge in [0.05, 0.1) is 0 Å². The van der Waals surface area contributed by atoms with Crippen molar-refractivity contribution >= 4 is 49.4 Å². The van der Waals surface area contributed by atoms with Crippen molar-refractivity contribution in [2.75, 3.05) is 4.90 Å². The molecule has 0 atom stereocenters. The number of hydrogen-bond acceptors (Lipinski definition) is 1. The van der Waals surface area contributed by atoms with Crippen molar-refractivity contribution in [3.8, 4) is 33.4 Å². The fraction of sp³-hybridized carbons (Fsp3) is 0.143. The molecule has 0 fully saturated rings. The molecular formula is C56H47N. The van der Waals surface area contributed by atoms with Crippen LogP contribution in [-0.2, 0) is 10.8 Å². The normalized spacial score (nSPS) is 14.5. The molecule has 0 saturated carbocycles. The lowest BCUT2D eigenvalue weighted by molar-refractivity contribution is 0.332. The standard InChI is InChI=1S/C56H47N/c1-55(2)32-33-56(3,4)54-37-44(26-31-53(54)55)39-22-27-46(28-23-39)57(48-16-11-15-42(35-48)43-21-20-38-12-5-6-13-41(38)34-43)47-29-24-40(25-30-47)52-36-45-14-7-8-17-49(45)50-18-9-10-19-51(50)52/h5-31,34-37H,32-33H2,1-4H3. The van der Waals surface area contributed by atoms with Crippen molar-refractivity contribution in [1.82, 2.24) is 0 Å². The fourth-order valence-electron chi connectivity index (χ4n) is 9.29. The number of nitrogens with zero attached hydrogens (tertiary/aromatic N) is 1.